The third kappa shape index (κ3) is 2.21. The molecule has 8 nitrogen and oxygen atoms in total. The molecule has 0 saturated carbocycles. The fourth-order valence-electron chi connectivity index (χ4n) is 2.35. The maximum absolute atomic E-state index is 12.2. The van der Waals surface area contributed by atoms with Crippen LogP contribution in [0.1, 0.15) is 13.0 Å². The van der Waals surface area contributed by atoms with E-state index in [2.05, 4.69) is 9.97 Å². The van der Waals surface area contributed by atoms with Crippen molar-refractivity contribution in [3.8, 4) is 0 Å². The highest BCUT2D eigenvalue weighted by molar-refractivity contribution is 7.16. The Morgan fingerprint density at radius 1 is 1.52 bits per heavy atom. The molecule has 0 saturated heterocycles. The van der Waals surface area contributed by atoms with Gasteiger partial charge in [-0.2, -0.15) is 4.98 Å². The van der Waals surface area contributed by atoms with Crippen molar-refractivity contribution < 1.29 is 4.92 Å². The predicted octanol–water partition coefficient (Wildman–Crippen LogP) is 1.34. The Morgan fingerprint density at radius 3 is 2.95 bits per heavy atom. The molecule has 0 spiro atoms. The van der Waals surface area contributed by atoms with Gasteiger partial charge in [-0.15, -0.1) is 0 Å². The molecule has 2 N–H and O–H groups in total. The third-order valence-corrected chi connectivity index (χ3v) is 4.20. The zero-order valence-electron chi connectivity index (χ0n) is 11.0. The molecule has 3 rings (SSSR count). The molecule has 0 aromatic carbocycles. The number of nitro groups is 1. The lowest BCUT2D eigenvalue weighted by Crippen LogP contribution is -2.25. The van der Waals surface area contributed by atoms with Gasteiger partial charge in [0.25, 0.3) is 5.70 Å². The van der Waals surface area contributed by atoms with Crippen LogP contribution in [0.25, 0.3) is 10.3 Å². The average Bonchev–Trinajstić information content (AvgIpc) is 2.74. The molecule has 2 atom stereocenters. The molecule has 2 unspecified atom stereocenters. The van der Waals surface area contributed by atoms with Crippen molar-refractivity contribution in [1.82, 2.24) is 14.5 Å². The van der Waals surface area contributed by atoms with Crippen molar-refractivity contribution >= 4 is 27.6 Å². The number of anilines is 1. The van der Waals surface area contributed by atoms with Gasteiger partial charge < -0.3 is 5.73 Å². The number of hydrogen-bond donors (Lipinski definition) is 1. The highest BCUT2D eigenvalue weighted by Gasteiger charge is 2.26. The van der Waals surface area contributed by atoms with Crippen molar-refractivity contribution in [3.05, 3.63) is 49.9 Å². The largest absolute Gasteiger partial charge is 0.368 e. The van der Waals surface area contributed by atoms with Crippen LogP contribution < -0.4 is 10.6 Å². The van der Waals surface area contributed by atoms with Gasteiger partial charge in [0.1, 0.15) is 0 Å². The number of nitrogens with zero attached hydrogens (tertiary/aromatic N) is 4. The summed E-state index contributed by atoms with van der Waals surface area (Å²) in [5.41, 5.74) is 6.06. The number of nitrogens with two attached hydrogens (primary N) is 1. The van der Waals surface area contributed by atoms with E-state index >= 15 is 0 Å². The third-order valence-electron chi connectivity index (χ3n) is 3.32. The van der Waals surface area contributed by atoms with E-state index in [0.717, 1.165) is 11.3 Å². The molecule has 2 heterocycles. The Hall–Kier alpha value is -2.55. The average molecular weight is 305 g/mol. The number of aromatic nitrogens is 3. The molecule has 1 aliphatic rings. The zero-order valence-corrected chi connectivity index (χ0v) is 11.8. The van der Waals surface area contributed by atoms with E-state index in [-0.39, 0.29) is 28.5 Å². The number of hydrogen-bond acceptors (Lipinski definition) is 7. The molecular formula is C12H11N5O3S. The quantitative estimate of drug-likeness (QED) is 0.661. The standard InChI is InChI=1S/C12H11N5O3S/c1-6-4-7(17(19)20)2-3-8(6)16-10-9(21-12(16)18)5-14-11(13)15-10/h2-6,8H,1H3,(H2,13,14,15). The van der Waals surface area contributed by atoms with Crippen LogP contribution in [0.5, 0.6) is 0 Å². The van der Waals surface area contributed by atoms with Crippen LogP contribution in [0.15, 0.2) is 34.9 Å². The molecule has 2 aromatic rings. The molecule has 9 heteroatoms. The Morgan fingerprint density at radius 2 is 2.29 bits per heavy atom. The fraction of sp³-hybridized carbons (Fsp3) is 0.250. The van der Waals surface area contributed by atoms with E-state index in [1.165, 1.54) is 22.9 Å². The van der Waals surface area contributed by atoms with E-state index in [4.69, 9.17) is 5.73 Å². The topological polar surface area (TPSA) is 117 Å². The highest BCUT2D eigenvalue weighted by atomic mass is 32.1. The van der Waals surface area contributed by atoms with Crippen molar-refractivity contribution in [2.45, 2.75) is 13.0 Å². The number of allylic oxidation sites excluding steroid dienone is 3. The van der Waals surface area contributed by atoms with Gasteiger partial charge in [0.2, 0.25) is 5.95 Å². The molecule has 0 fully saturated rings. The summed E-state index contributed by atoms with van der Waals surface area (Å²) in [4.78, 5) is 30.3. The normalized spacial score (nSPS) is 21.5. The predicted molar refractivity (Wildman–Crippen MR) is 78.5 cm³/mol. The summed E-state index contributed by atoms with van der Waals surface area (Å²) in [6.07, 6.45) is 6.10. The first kappa shape index (κ1) is 13.4. The van der Waals surface area contributed by atoms with Gasteiger partial charge in [-0.25, -0.2) is 4.98 Å². The molecule has 0 aliphatic heterocycles. The van der Waals surface area contributed by atoms with Gasteiger partial charge in [-0.1, -0.05) is 24.3 Å². The number of thiazole rings is 1. The maximum Gasteiger partial charge on any atom is 0.310 e. The minimum atomic E-state index is -0.447. The number of rotatable bonds is 2. The summed E-state index contributed by atoms with van der Waals surface area (Å²) in [5, 5.41) is 10.8. The summed E-state index contributed by atoms with van der Waals surface area (Å²) >= 11 is 1.03. The second-order valence-electron chi connectivity index (χ2n) is 4.71. The van der Waals surface area contributed by atoms with Crippen LogP contribution in [0.3, 0.4) is 0 Å². The Balaban J connectivity index is 2.12. The van der Waals surface area contributed by atoms with Gasteiger partial charge in [0, 0.05) is 12.0 Å². The lowest BCUT2D eigenvalue weighted by atomic mass is 9.95. The number of fused-ring (bicyclic) bond motifs is 1. The molecule has 0 amide bonds. The first-order valence-electron chi connectivity index (χ1n) is 6.15. The van der Waals surface area contributed by atoms with Crippen molar-refractivity contribution in [2.24, 2.45) is 5.92 Å². The van der Waals surface area contributed by atoms with Crippen LogP contribution in [-0.2, 0) is 0 Å². The van der Waals surface area contributed by atoms with E-state index in [1.807, 2.05) is 6.92 Å². The fourth-order valence-corrected chi connectivity index (χ4v) is 3.19. The Bertz CT molecular complexity index is 850. The minimum Gasteiger partial charge on any atom is -0.368 e. The highest BCUT2D eigenvalue weighted by Crippen LogP contribution is 2.29. The van der Waals surface area contributed by atoms with Gasteiger partial charge in [0.15, 0.2) is 5.65 Å². The van der Waals surface area contributed by atoms with Crippen LogP contribution in [0, 0.1) is 16.0 Å². The molecule has 0 radical (unpaired) electrons. The van der Waals surface area contributed by atoms with Gasteiger partial charge in [-0.05, 0) is 6.08 Å². The van der Waals surface area contributed by atoms with Crippen molar-refractivity contribution in [1.29, 1.82) is 0 Å². The maximum atomic E-state index is 12.2. The van der Waals surface area contributed by atoms with E-state index in [9.17, 15) is 14.9 Å². The summed E-state index contributed by atoms with van der Waals surface area (Å²) in [7, 11) is 0. The lowest BCUT2D eigenvalue weighted by molar-refractivity contribution is -0.419. The van der Waals surface area contributed by atoms with E-state index < -0.39 is 4.92 Å². The minimum absolute atomic E-state index is 0.0282. The van der Waals surface area contributed by atoms with Gasteiger partial charge >= 0.3 is 4.87 Å². The SMILES string of the molecule is CC1C=C([N+](=O)[O-])C=CC1n1c(=O)sc2cnc(N)nc21. The second kappa shape index (κ2) is 4.77. The second-order valence-corrected chi connectivity index (χ2v) is 5.70. The molecule has 2 aromatic heterocycles. The first-order chi connectivity index (χ1) is 9.97. The molecule has 21 heavy (non-hydrogen) atoms. The monoisotopic (exact) mass is 305 g/mol. The Labute approximate surface area is 122 Å². The Kier molecular flexibility index (Phi) is 3.05. The summed E-state index contributed by atoms with van der Waals surface area (Å²) in [6, 6.07) is -0.329. The van der Waals surface area contributed by atoms with Crippen molar-refractivity contribution in [3.63, 3.8) is 0 Å². The van der Waals surface area contributed by atoms with Crippen LogP contribution >= 0.6 is 11.3 Å². The van der Waals surface area contributed by atoms with Crippen molar-refractivity contribution in [2.75, 3.05) is 5.73 Å². The summed E-state index contributed by atoms with van der Waals surface area (Å²) in [5.74, 6) is -0.120. The first-order valence-corrected chi connectivity index (χ1v) is 6.97. The number of nitrogen functional groups attached to an aromatic ring is 1. The van der Waals surface area contributed by atoms with E-state index in [0.29, 0.717) is 10.3 Å². The molecule has 1 aliphatic carbocycles. The van der Waals surface area contributed by atoms with Crippen LogP contribution in [0.2, 0.25) is 0 Å². The smallest absolute Gasteiger partial charge is 0.310 e. The zero-order chi connectivity index (χ0) is 15.1. The molecular weight excluding hydrogens is 294 g/mol. The van der Waals surface area contributed by atoms with Crippen LogP contribution in [0.4, 0.5) is 5.95 Å². The van der Waals surface area contributed by atoms with E-state index in [1.54, 1.807) is 6.08 Å². The lowest BCUT2D eigenvalue weighted by Gasteiger charge is -2.21. The van der Waals surface area contributed by atoms with Gasteiger partial charge in [-0.3, -0.25) is 19.5 Å². The molecule has 0 bridgehead atoms. The summed E-state index contributed by atoms with van der Waals surface area (Å²) in [6.45, 7) is 1.82. The van der Waals surface area contributed by atoms with Crippen LogP contribution in [-0.4, -0.2) is 19.5 Å². The summed E-state index contributed by atoms with van der Waals surface area (Å²) < 4.78 is 2.14. The van der Waals surface area contributed by atoms with Gasteiger partial charge in [0.05, 0.1) is 21.9 Å². The molecule has 108 valence electrons.